The summed E-state index contributed by atoms with van der Waals surface area (Å²) in [6.45, 7) is 5.85. The molecule has 2 aromatic heterocycles. The molecule has 1 aliphatic heterocycles. The first kappa shape index (κ1) is 21.5. The molecule has 3 heterocycles. The summed E-state index contributed by atoms with van der Waals surface area (Å²) in [7, 11) is 0. The first-order chi connectivity index (χ1) is 14.4. The van der Waals surface area contributed by atoms with Crippen LogP contribution in [0.4, 0.5) is 14.6 Å². The van der Waals surface area contributed by atoms with Crippen molar-refractivity contribution < 1.29 is 13.5 Å². The predicted molar refractivity (Wildman–Crippen MR) is 120 cm³/mol. The van der Waals surface area contributed by atoms with Gasteiger partial charge in [0.25, 0.3) is 0 Å². The molecule has 0 saturated heterocycles. The second kappa shape index (κ2) is 8.79. The number of nitrogens with zero attached hydrogens (tertiary/aromatic N) is 4. The Balaban J connectivity index is 1.73. The average molecular weight is 545 g/mol. The van der Waals surface area contributed by atoms with Crippen LogP contribution < -0.4 is 15.8 Å². The van der Waals surface area contributed by atoms with Gasteiger partial charge < -0.3 is 20.4 Å². The van der Waals surface area contributed by atoms with Gasteiger partial charge in [0.15, 0.2) is 33.7 Å². The lowest BCUT2D eigenvalue weighted by atomic mass is 10.1. The van der Waals surface area contributed by atoms with Crippen molar-refractivity contribution in [3.8, 4) is 5.75 Å². The number of aromatic nitrogens is 4. The highest BCUT2D eigenvalue weighted by Gasteiger charge is 2.29. The quantitative estimate of drug-likeness (QED) is 0.266. The Morgan fingerprint density at radius 1 is 1.33 bits per heavy atom. The summed E-state index contributed by atoms with van der Waals surface area (Å²) >= 11 is 2.89. The van der Waals surface area contributed by atoms with Crippen LogP contribution in [0.5, 0.6) is 5.75 Å². The van der Waals surface area contributed by atoms with Crippen LogP contribution in [0.2, 0.25) is 0 Å². The SMILES string of the molecule is CC(C)NCCCn1c(Sc2c(F)c3c(c([18F])c2I)OCC3)nc2c(N)ncnc21. The Morgan fingerprint density at radius 2 is 2.13 bits per heavy atom. The summed E-state index contributed by atoms with van der Waals surface area (Å²) in [5.74, 6) is -0.721. The number of nitrogen functional groups attached to an aromatic ring is 1. The van der Waals surface area contributed by atoms with Crippen molar-refractivity contribution in [3.63, 3.8) is 0 Å². The monoisotopic (exact) mass is 545 g/mol. The lowest BCUT2D eigenvalue weighted by molar-refractivity contribution is 0.337. The van der Waals surface area contributed by atoms with Crippen LogP contribution in [-0.2, 0) is 13.0 Å². The largest absolute Gasteiger partial charge is 0.490 e. The Kier molecular flexibility index (Phi) is 6.30. The number of imidazole rings is 1. The predicted octanol–water partition coefficient (Wildman–Crippen LogP) is 3.77. The van der Waals surface area contributed by atoms with Crippen molar-refractivity contribution in [3.05, 3.63) is 27.1 Å². The minimum Gasteiger partial charge on any atom is -0.490 e. The van der Waals surface area contributed by atoms with Gasteiger partial charge in [-0.05, 0) is 47.3 Å². The molecule has 0 bridgehead atoms. The lowest BCUT2D eigenvalue weighted by Gasteiger charge is -2.13. The van der Waals surface area contributed by atoms with Gasteiger partial charge in [-0.2, -0.15) is 0 Å². The van der Waals surface area contributed by atoms with Gasteiger partial charge in [0.2, 0.25) is 0 Å². The van der Waals surface area contributed by atoms with Crippen molar-refractivity contribution in [2.45, 2.75) is 49.3 Å². The fourth-order valence-electron chi connectivity index (χ4n) is 3.32. The Bertz CT molecular complexity index is 1110. The minimum atomic E-state index is -0.532. The van der Waals surface area contributed by atoms with Crippen LogP contribution in [0, 0.1) is 15.2 Å². The van der Waals surface area contributed by atoms with Gasteiger partial charge in [0.1, 0.15) is 12.1 Å². The summed E-state index contributed by atoms with van der Waals surface area (Å²) < 4.78 is 37.3. The van der Waals surface area contributed by atoms with Crippen molar-refractivity contribution >= 4 is 51.3 Å². The van der Waals surface area contributed by atoms with Gasteiger partial charge in [-0.3, -0.25) is 0 Å². The third kappa shape index (κ3) is 3.94. The zero-order valence-corrected chi connectivity index (χ0v) is 19.5. The number of hydrogen-bond acceptors (Lipinski definition) is 7. The highest BCUT2D eigenvalue weighted by Crippen LogP contribution is 2.43. The van der Waals surface area contributed by atoms with Crippen molar-refractivity contribution in [2.75, 3.05) is 18.9 Å². The third-order valence-electron chi connectivity index (χ3n) is 4.76. The number of fused-ring (bicyclic) bond motifs is 2. The number of halogens is 3. The maximum absolute atomic E-state index is 15.2. The zero-order valence-electron chi connectivity index (χ0n) is 16.5. The van der Waals surface area contributed by atoms with Crippen molar-refractivity contribution in [2.24, 2.45) is 0 Å². The normalized spacial score (nSPS) is 13.3. The van der Waals surface area contributed by atoms with E-state index in [1.165, 1.54) is 6.33 Å². The van der Waals surface area contributed by atoms with E-state index in [9.17, 15) is 4.39 Å². The number of nitrogens with one attached hydrogen (secondary N) is 1. The van der Waals surface area contributed by atoms with Crippen LogP contribution in [0.1, 0.15) is 25.8 Å². The molecule has 0 saturated carbocycles. The number of rotatable bonds is 7. The maximum Gasteiger partial charge on any atom is 0.180 e. The summed E-state index contributed by atoms with van der Waals surface area (Å²) in [6.07, 6.45) is 2.54. The molecule has 0 amide bonds. The second-order valence-corrected chi connectivity index (χ2v) is 9.28. The Morgan fingerprint density at radius 3 is 2.90 bits per heavy atom. The molecule has 1 aromatic carbocycles. The molecule has 0 fully saturated rings. The van der Waals surface area contributed by atoms with Gasteiger partial charge in [-0.1, -0.05) is 13.8 Å². The van der Waals surface area contributed by atoms with Crippen LogP contribution in [0.3, 0.4) is 0 Å². The highest BCUT2D eigenvalue weighted by molar-refractivity contribution is 14.1. The molecule has 0 radical (unpaired) electrons. The summed E-state index contributed by atoms with van der Waals surface area (Å²) in [6, 6.07) is 0.378. The Labute approximate surface area is 190 Å². The lowest BCUT2D eigenvalue weighted by Crippen LogP contribution is -2.24. The Hall–Kier alpha value is -1.73. The van der Waals surface area contributed by atoms with Gasteiger partial charge in [-0.15, -0.1) is 0 Å². The smallest absolute Gasteiger partial charge is 0.180 e. The third-order valence-corrected chi connectivity index (χ3v) is 7.22. The summed E-state index contributed by atoms with van der Waals surface area (Å²) in [5.41, 5.74) is 7.29. The van der Waals surface area contributed by atoms with Gasteiger partial charge >= 0.3 is 0 Å². The fraction of sp³-hybridized carbons (Fsp3) is 0.421. The molecule has 30 heavy (non-hydrogen) atoms. The van der Waals surface area contributed by atoms with Crippen LogP contribution in [0.15, 0.2) is 16.4 Å². The van der Waals surface area contributed by atoms with Gasteiger partial charge in [-0.25, -0.2) is 23.7 Å². The molecule has 3 N–H and O–H groups in total. The topological polar surface area (TPSA) is 90.9 Å². The van der Waals surface area contributed by atoms with Crippen molar-refractivity contribution in [1.82, 2.24) is 24.8 Å². The molecule has 0 unspecified atom stereocenters. The molecule has 0 aliphatic carbocycles. The molecular formula is C19H21F2IN6OS. The van der Waals surface area contributed by atoms with Crippen LogP contribution >= 0.6 is 34.4 Å². The number of nitrogens with two attached hydrogens (primary N) is 1. The van der Waals surface area contributed by atoms with E-state index in [0.29, 0.717) is 35.3 Å². The van der Waals surface area contributed by atoms with E-state index in [1.54, 1.807) is 0 Å². The molecule has 160 valence electrons. The van der Waals surface area contributed by atoms with Gasteiger partial charge in [0, 0.05) is 24.6 Å². The number of ether oxygens (including phenoxy) is 1. The number of hydrogen-bond donors (Lipinski definition) is 2. The number of anilines is 1. The minimum absolute atomic E-state index is 0.0182. The summed E-state index contributed by atoms with van der Waals surface area (Å²) in [5, 5.41) is 3.86. The molecule has 0 spiro atoms. The van der Waals surface area contributed by atoms with E-state index in [2.05, 4.69) is 34.1 Å². The molecule has 3 aromatic rings. The fourth-order valence-corrected chi connectivity index (χ4v) is 5.13. The molecular weight excluding hydrogens is 524 g/mol. The standard InChI is InChI=1S/C19H21F2IN6OS/c1-9(2)24-5-3-6-28-18-14(17(23)25-8-26-18)27-19(28)30-16-11(20)10-4-7-29-15(10)12(21)13(16)22/h8-9,24H,3-7H2,1-2H3,(H2,23,25,26)/i21-1. The van der Waals surface area contributed by atoms with E-state index in [0.717, 1.165) is 24.7 Å². The summed E-state index contributed by atoms with van der Waals surface area (Å²) in [4.78, 5) is 13.1. The van der Waals surface area contributed by atoms with E-state index in [-0.39, 0.29) is 32.2 Å². The van der Waals surface area contributed by atoms with E-state index < -0.39 is 11.6 Å². The number of benzene rings is 1. The van der Waals surface area contributed by atoms with E-state index in [1.807, 2.05) is 27.2 Å². The van der Waals surface area contributed by atoms with Crippen molar-refractivity contribution in [1.29, 1.82) is 0 Å². The second-order valence-electron chi connectivity index (χ2n) is 7.22. The van der Waals surface area contributed by atoms with Gasteiger partial charge in [0.05, 0.1) is 15.1 Å². The number of aryl methyl sites for hydroxylation is 1. The van der Waals surface area contributed by atoms with Crippen LogP contribution in [0.25, 0.3) is 11.2 Å². The molecule has 0 atom stereocenters. The average Bonchev–Trinajstić information content (AvgIpc) is 3.33. The van der Waals surface area contributed by atoms with E-state index in [4.69, 9.17) is 10.5 Å². The molecule has 4 rings (SSSR count). The zero-order chi connectivity index (χ0) is 21.4. The molecule has 11 heteroatoms. The molecule has 7 nitrogen and oxygen atoms in total. The maximum atomic E-state index is 15.2. The van der Waals surface area contributed by atoms with Crippen LogP contribution in [-0.4, -0.2) is 38.7 Å². The highest BCUT2D eigenvalue weighted by atomic mass is 127. The first-order valence-electron chi connectivity index (χ1n) is 9.58. The molecule has 1 aliphatic rings. The van der Waals surface area contributed by atoms with E-state index >= 15 is 4.39 Å². The first-order valence-corrected chi connectivity index (χ1v) is 11.5.